The van der Waals surface area contributed by atoms with Crippen LogP contribution in [-0.2, 0) is 11.4 Å². The highest BCUT2D eigenvalue weighted by atomic mass is 35.5. The first kappa shape index (κ1) is 14.8. The van der Waals surface area contributed by atoms with Gasteiger partial charge in [0.25, 0.3) is 0 Å². The van der Waals surface area contributed by atoms with Crippen LogP contribution in [0.3, 0.4) is 0 Å². The molecule has 1 aliphatic carbocycles. The van der Waals surface area contributed by atoms with Gasteiger partial charge in [-0.3, -0.25) is 0 Å². The number of rotatable bonds is 3. The Labute approximate surface area is 121 Å². The van der Waals surface area contributed by atoms with Gasteiger partial charge in [-0.25, -0.2) is 4.39 Å². The van der Waals surface area contributed by atoms with E-state index in [2.05, 4.69) is 4.40 Å². The first-order valence-electron chi connectivity index (χ1n) is 6.24. The summed E-state index contributed by atoms with van der Waals surface area (Å²) in [6.07, 6.45) is 3.33. The summed E-state index contributed by atoms with van der Waals surface area (Å²) in [5.74, 6) is -0.0134. The zero-order valence-electron chi connectivity index (χ0n) is 11.2. The Morgan fingerprint density at radius 3 is 2.58 bits per heavy atom. The monoisotopic (exact) mass is 301 g/mol. The average molecular weight is 302 g/mol. The van der Waals surface area contributed by atoms with Crippen molar-refractivity contribution >= 4 is 29.2 Å². The highest BCUT2D eigenvalue weighted by molar-refractivity contribution is 7.91. The maximum Gasteiger partial charge on any atom is 0.144 e. The summed E-state index contributed by atoms with van der Waals surface area (Å²) in [5, 5.41) is 0.492. The van der Waals surface area contributed by atoms with E-state index in [1.807, 2.05) is 20.8 Å². The number of nitrogens with zero attached hydrogens (tertiary/aromatic N) is 1. The van der Waals surface area contributed by atoms with Crippen LogP contribution < -0.4 is 0 Å². The molecule has 5 heteroatoms. The van der Waals surface area contributed by atoms with Crippen LogP contribution in [0.2, 0.25) is 5.02 Å². The molecule has 1 fully saturated rings. The third-order valence-corrected chi connectivity index (χ3v) is 4.49. The van der Waals surface area contributed by atoms with E-state index >= 15 is 0 Å². The van der Waals surface area contributed by atoms with Crippen LogP contribution in [0.1, 0.15) is 50.7 Å². The molecule has 0 aromatic heterocycles. The molecular formula is C14H17ClFNOS. The van der Waals surface area contributed by atoms with Crippen LogP contribution in [0.15, 0.2) is 16.5 Å². The minimum Gasteiger partial charge on any atom is -0.591 e. The molecule has 0 bridgehead atoms. The summed E-state index contributed by atoms with van der Waals surface area (Å²) in [5.41, 5.74) is 0.961. The zero-order chi connectivity index (χ0) is 14.2. The van der Waals surface area contributed by atoms with Crippen LogP contribution >= 0.6 is 11.6 Å². The minimum absolute atomic E-state index is 0.277. The van der Waals surface area contributed by atoms with Gasteiger partial charge < -0.3 is 4.55 Å². The number of hydrogen-bond donors (Lipinski definition) is 0. The molecule has 2 rings (SSSR count). The summed E-state index contributed by atoms with van der Waals surface area (Å²) in [6, 6.07) is 3.19. The average Bonchev–Trinajstić information content (AvgIpc) is 3.12. The molecule has 0 saturated heterocycles. The zero-order valence-corrected chi connectivity index (χ0v) is 12.8. The molecule has 0 amide bonds. The first-order valence-corrected chi connectivity index (χ1v) is 7.72. The minimum atomic E-state index is -1.39. The molecule has 0 heterocycles. The Morgan fingerprint density at radius 2 is 2.05 bits per heavy atom. The highest BCUT2D eigenvalue weighted by Crippen LogP contribution is 2.42. The van der Waals surface area contributed by atoms with Gasteiger partial charge >= 0.3 is 0 Å². The van der Waals surface area contributed by atoms with Gasteiger partial charge in [0.2, 0.25) is 0 Å². The van der Waals surface area contributed by atoms with Crippen molar-refractivity contribution in [1.29, 1.82) is 0 Å². The molecule has 0 N–H and O–H groups in total. The third kappa shape index (κ3) is 3.71. The van der Waals surface area contributed by atoms with E-state index in [9.17, 15) is 8.94 Å². The van der Waals surface area contributed by atoms with Gasteiger partial charge in [-0.1, -0.05) is 16.0 Å². The molecule has 0 aliphatic heterocycles. The fraction of sp³-hybridized carbons (Fsp3) is 0.500. The van der Waals surface area contributed by atoms with Crippen LogP contribution in [0.4, 0.5) is 4.39 Å². The highest BCUT2D eigenvalue weighted by Gasteiger charge is 2.29. The van der Waals surface area contributed by atoms with Crippen molar-refractivity contribution in [3.63, 3.8) is 0 Å². The number of benzene rings is 1. The van der Waals surface area contributed by atoms with Crippen LogP contribution in [0.5, 0.6) is 0 Å². The molecule has 1 unspecified atom stereocenters. The van der Waals surface area contributed by atoms with Gasteiger partial charge in [-0.15, -0.1) is 0 Å². The van der Waals surface area contributed by atoms with Crippen molar-refractivity contribution in [3.05, 3.63) is 34.1 Å². The van der Waals surface area contributed by atoms with E-state index in [1.165, 1.54) is 12.3 Å². The third-order valence-electron chi connectivity index (χ3n) is 2.92. The van der Waals surface area contributed by atoms with Gasteiger partial charge in [0.05, 0.1) is 6.21 Å². The molecule has 2 nitrogen and oxygen atoms in total. The van der Waals surface area contributed by atoms with Gasteiger partial charge in [-0.2, -0.15) is 0 Å². The Bertz CT molecular complexity index is 509. The molecular weight excluding hydrogens is 285 g/mol. The second-order valence-electron chi connectivity index (χ2n) is 5.77. The number of hydrogen-bond acceptors (Lipinski definition) is 2. The van der Waals surface area contributed by atoms with E-state index < -0.39 is 16.1 Å². The summed E-state index contributed by atoms with van der Waals surface area (Å²) in [4.78, 5) is 0. The van der Waals surface area contributed by atoms with Gasteiger partial charge in [-0.05, 0) is 57.2 Å². The molecule has 1 aromatic rings. The van der Waals surface area contributed by atoms with E-state index in [0.29, 0.717) is 16.1 Å². The molecule has 19 heavy (non-hydrogen) atoms. The quantitative estimate of drug-likeness (QED) is 0.607. The van der Waals surface area contributed by atoms with Gasteiger partial charge in [0.15, 0.2) is 0 Å². The smallest absolute Gasteiger partial charge is 0.144 e. The van der Waals surface area contributed by atoms with Crippen molar-refractivity contribution < 1.29 is 8.94 Å². The predicted molar refractivity (Wildman–Crippen MR) is 78.9 cm³/mol. The lowest BCUT2D eigenvalue weighted by Crippen LogP contribution is -2.25. The van der Waals surface area contributed by atoms with Crippen LogP contribution in [-0.4, -0.2) is 15.5 Å². The largest absolute Gasteiger partial charge is 0.591 e. The lowest BCUT2D eigenvalue weighted by molar-refractivity contribution is 0.561. The molecule has 1 aromatic carbocycles. The SMILES string of the molecule is CC(C)(C)[S+]([O-])N=Cc1cc(Cl)cc(C2CC2)c1F. The fourth-order valence-corrected chi connectivity index (χ4v) is 2.44. The standard InChI is InChI=1S/C14H17ClFNOS/c1-14(2,3)19(18)17-8-10-6-11(15)7-12(13(10)16)9-4-5-9/h6-9H,4-5H2,1-3H3. The van der Waals surface area contributed by atoms with Crippen molar-refractivity contribution in [2.24, 2.45) is 4.40 Å². The van der Waals surface area contributed by atoms with E-state index in [4.69, 9.17) is 11.6 Å². The van der Waals surface area contributed by atoms with Crippen molar-refractivity contribution in [1.82, 2.24) is 0 Å². The topological polar surface area (TPSA) is 35.4 Å². The summed E-state index contributed by atoms with van der Waals surface area (Å²) >= 11 is 4.60. The molecule has 104 valence electrons. The Kier molecular flexibility index (Phi) is 4.23. The summed E-state index contributed by atoms with van der Waals surface area (Å²) < 4.78 is 29.5. The molecule has 1 aliphatic rings. The maximum atomic E-state index is 14.2. The van der Waals surface area contributed by atoms with E-state index in [1.54, 1.807) is 6.07 Å². The lowest BCUT2D eigenvalue weighted by Gasteiger charge is -2.17. The Hall–Kier alpha value is -0.580. The second kappa shape index (κ2) is 5.43. The second-order valence-corrected chi connectivity index (χ2v) is 8.14. The van der Waals surface area contributed by atoms with Gasteiger partial charge in [0.1, 0.15) is 21.9 Å². The maximum absolute atomic E-state index is 14.2. The van der Waals surface area contributed by atoms with Crippen LogP contribution in [0, 0.1) is 5.82 Å². The molecule has 1 saturated carbocycles. The molecule has 0 spiro atoms. The van der Waals surface area contributed by atoms with Crippen molar-refractivity contribution in [2.45, 2.75) is 44.3 Å². The normalized spacial score (nSPS) is 18.0. The fourth-order valence-electron chi connectivity index (χ4n) is 1.68. The van der Waals surface area contributed by atoms with E-state index in [0.717, 1.165) is 12.8 Å². The Balaban J connectivity index is 2.27. The molecule has 0 radical (unpaired) electrons. The number of halogens is 2. The summed E-state index contributed by atoms with van der Waals surface area (Å²) in [6.45, 7) is 5.47. The molecule has 1 atom stereocenters. The predicted octanol–water partition coefficient (Wildman–Crippen LogP) is 4.24. The van der Waals surface area contributed by atoms with E-state index in [-0.39, 0.29) is 11.7 Å². The van der Waals surface area contributed by atoms with Crippen molar-refractivity contribution in [2.75, 3.05) is 0 Å². The first-order chi connectivity index (χ1) is 8.79. The van der Waals surface area contributed by atoms with Gasteiger partial charge in [0, 0.05) is 10.6 Å². The Morgan fingerprint density at radius 1 is 1.42 bits per heavy atom. The van der Waals surface area contributed by atoms with Crippen molar-refractivity contribution in [3.8, 4) is 0 Å². The summed E-state index contributed by atoms with van der Waals surface area (Å²) in [7, 11) is 0. The van der Waals surface area contributed by atoms with Crippen LogP contribution in [0.25, 0.3) is 0 Å². The lowest BCUT2D eigenvalue weighted by atomic mass is 10.1.